The highest BCUT2D eigenvalue weighted by atomic mass is 32.2. The average Bonchev–Trinajstić information content (AvgIpc) is 2.58. The smallest absolute Gasteiger partial charge is 0.268 e. The first-order valence-corrected chi connectivity index (χ1v) is 6.63. The van der Waals surface area contributed by atoms with Gasteiger partial charge in [-0.05, 0) is 13.8 Å². The Hall–Kier alpha value is -1.83. The molecule has 0 amide bonds. The number of hydrogen-bond acceptors (Lipinski definition) is 6. The van der Waals surface area contributed by atoms with Gasteiger partial charge in [-0.15, -0.1) is 5.10 Å². The summed E-state index contributed by atoms with van der Waals surface area (Å²) in [5.74, 6) is 0.00114. The first kappa shape index (κ1) is 11.6. The van der Waals surface area contributed by atoms with E-state index in [1.54, 1.807) is 6.92 Å². The highest BCUT2D eigenvalue weighted by molar-refractivity contribution is 7.90. The molecule has 90 valence electrons. The molecule has 0 spiro atoms. The van der Waals surface area contributed by atoms with Crippen LogP contribution >= 0.6 is 0 Å². The summed E-state index contributed by atoms with van der Waals surface area (Å²) in [6.07, 6.45) is 2.45. The minimum Gasteiger partial charge on any atom is -0.294 e. The quantitative estimate of drug-likeness (QED) is 0.702. The standard InChI is InChI=1S/C9H10N4O3S/c1-5-7(6(2)14)4-13-8(10-5)11-9(12-13)17(3,15)16/h4H,1-3H3. The van der Waals surface area contributed by atoms with Crippen molar-refractivity contribution in [2.75, 3.05) is 6.26 Å². The summed E-state index contributed by atoms with van der Waals surface area (Å²) in [7, 11) is -3.48. The number of aromatic nitrogens is 4. The lowest BCUT2D eigenvalue weighted by atomic mass is 10.2. The van der Waals surface area contributed by atoms with E-state index < -0.39 is 9.84 Å². The van der Waals surface area contributed by atoms with Crippen LogP contribution < -0.4 is 0 Å². The second kappa shape index (κ2) is 3.59. The summed E-state index contributed by atoms with van der Waals surface area (Å²) in [6, 6.07) is 0. The highest BCUT2D eigenvalue weighted by Gasteiger charge is 2.17. The number of fused-ring (bicyclic) bond motifs is 1. The van der Waals surface area contributed by atoms with Crippen LogP contribution in [0.4, 0.5) is 0 Å². The molecule has 0 saturated carbocycles. The van der Waals surface area contributed by atoms with E-state index >= 15 is 0 Å². The molecule has 17 heavy (non-hydrogen) atoms. The van der Waals surface area contributed by atoms with E-state index in [1.165, 1.54) is 17.6 Å². The number of aryl methyl sites for hydroxylation is 1. The summed E-state index contributed by atoms with van der Waals surface area (Å²) in [5, 5.41) is 3.47. The molecule has 7 nitrogen and oxygen atoms in total. The van der Waals surface area contributed by atoms with Crippen molar-refractivity contribution in [3.63, 3.8) is 0 Å². The summed E-state index contributed by atoms with van der Waals surface area (Å²) in [5.41, 5.74) is 0.889. The fraction of sp³-hybridized carbons (Fsp3) is 0.333. The number of carbonyl (C=O) groups excluding carboxylic acids is 1. The van der Waals surface area contributed by atoms with Gasteiger partial charge in [-0.3, -0.25) is 4.79 Å². The fourth-order valence-electron chi connectivity index (χ4n) is 1.39. The molecule has 0 aliphatic heterocycles. The van der Waals surface area contributed by atoms with Crippen molar-refractivity contribution in [2.45, 2.75) is 19.0 Å². The third-order valence-electron chi connectivity index (χ3n) is 2.21. The van der Waals surface area contributed by atoms with Crippen molar-refractivity contribution in [3.8, 4) is 0 Å². The zero-order chi connectivity index (χ0) is 12.8. The van der Waals surface area contributed by atoms with Gasteiger partial charge in [-0.1, -0.05) is 0 Å². The predicted molar refractivity (Wildman–Crippen MR) is 58.6 cm³/mol. The van der Waals surface area contributed by atoms with E-state index in [0.717, 1.165) is 6.26 Å². The summed E-state index contributed by atoms with van der Waals surface area (Å²) < 4.78 is 23.7. The van der Waals surface area contributed by atoms with Gasteiger partial charge in [0.25, 0.3) is 10.9 Å². The first-order chi connectivity index (χ1) is 7.79. The molecule has 0 aliphatic rings. The Morgan fingerprint density at radius 1 is 1.35 bits per heavy atom. The lowest BCUT2D eigenvalue weighted by molar-refractivity contribution is 0.101. The van der Waals surface area contributed by atoms with Crippen molar-refractivity contribution in [2.24, 2.45) is 0 Å². The third-order valence-corrected chi connectivity index (χ3v) is 3.05. The molecule has 0 aromatic carbocycles. The molecule has 2 heterocycles. The Balaban J connectivity index is 2.75. The van der Waals surface area contributed by atoms with Crippen LogP contribution in [0.5, 0.6) is 0 Å². The molecule has 0 atom stereocenters. The van der Waals surface area contributed by atoms with E-state index in [2.05, 4.69) is 15.1 Å². The summed E-state index contributed by atoms with van der Waals surface area (Å²) in [6.45, 7) is 3.07. The van der Waals surface area contributed by atoms with Gasteiger partial charge in [0, 0.05) is 12.5 Å². The molecule has 0 fully saturated rings. The van der Waals surface area contributed by atoms with Crippen LogP contribution in [0.2, 0.25) is 0 Å². The zero-order valence-corrected chi connectivity index (χ0v) is 10.3. The maximum atomic E-state index is 11.3. The molecule has 2 aromatic rings. The van der Waals surface area contributed by atoms with Crippen LogP contribution in [0.15, 0.2) is 11.4 Å². The van der Waals surface area contributed by atoms with Gasteiger partial charge < -0.3 is 0 Å². The lowest BCUT2D eigenvalue weighted by Crippen LogP contribution is -2.03. The van der Waals surface area contributed by atoms with Crippen molar-refractivity contribution in [1.82, 2.24) is 19.6 Å². The zero-order valence-electron chi connectivity index (χ0n) is 9.50. The fourth-order valence-corrected chi connectivity index (χ4v) is 1.87. The molecule has 0 unspecified atom stereocenters. The van der Waals surface area contributed by atoms with E-state index in [-0.39, 0.29) is 16.7 Å². The van der Waals surface area contributed by atoms with Gasteiger partial charge in [0.1, 0.15) is 0 Å². The van der Waals surface area contributed by atoms with Crippen LogP contribution in [0.1, 0.15) is 23.0 Å². The van der Waals surface area contributed by atoms with Gasteiger partial charge in [-0.2, -0.15) is 4.98 Å². The molecule has 0 radical (unpaired) electrons. The maximum Gasteiger partial charge on any atom is 0.268 e. The lowest BCUT2D eigenvalue weighted by Gasteiger charge is -1.99. The molecule has 0 bridgehead atoms. The van der Waals surface area contributed by atoms with E-state index in [1.807, 2.05) is 0 Å². The third kappa shape index (κ3) is 2.03. The minimum atomic E-state index is -3.48. The van der Waals surface area contributed by atoms with Crippen LogP contribution in [-0.4, -0.2) is 40.0 Å². The normalized spacial score (nSPS) is 11.9. The monoisotopic (exact) mass is 254 g/mol. The van der Waals surface area contributed by atoms with Crippen LogP contribution in [0, 0.1) is 6.92 Å². The molecule has 2 rings (SSSR count). The highest BCUT2D eigenvalue weighted by Crippen LogP contribution is 2.10. The van der Waals surface area contributed by atoms with E-state index in [0.29, 0.717) is 11.3 Å². The second-order valence-electron chi connectivity index (χ2n) is 3.71. The Bertz CT molecular complexity index is 717. The second-order valence-corrected chi connectivity index (χ2v) is 5.62. The van der Waals surface area contributed by atoms with Crippen LogP contribution in [0.25, 0.3) is 5.78 Å². The van der Waals surface area contributed by atoms with Gasteiger partial charge in [-0.25, -0.2) is 17.9 Å². The van der Waals surface area contributed by atoms with Gasteiger partial charge in [0.15, 0.2) is 5.78 Å². The number of sulfone groups is 1. The van der Waals surface area contributed by atoms with Crippen molar-refractivity contribution in [3.05, 3.63) is 17.5 Å². The van der Waals surface area contributed by atoms with Crippen molar-refractivity contribution >= 4 is 21.4 Å². The first-order valence-electron chi connectivity index (χ1n) is 4.74. The van der Waals surface area contributed by atoms with Crippen molar-refractivity contribution < 1.29 is 13.2 Å². The topological polar surface area (TPSA) is 94.3 Å². The van der Waals surface area contributed by atoms with Gasteiger partial charge in [0.2, 0.25) is 9.84 Å². The maximum absolute atomic E-state index is 11.3. The summed E-state index contributed by atoms with van der Waals surface area (Å²) >= 11 is 0. The molecule has 0 N–H and O–H groups in total. The number of ketones is 1. The van der Waals surface area contributed by atoms with Crippen molar-refractivity contribution in [1.29, 1.82) is 0 Å². The van der Waals surface area contributed by atoms with E-state index in [9.17, 15) is 13.2 Å². The number of rotatable bonds is 2. The number of Topliss-reactive ketones (excluding diaryl/α,β-unsaturated/α-hetero) is 1. The molecule has 0 aliphatic carbocycles. The van der Waals surface area contributed by atoms with E-state index in [4.69, 9.17) is 0 Å². The number of hydrogen-bond donors (Lipinski definition) is 0. The Kier molecular flexibility index (Phi) is 2.46. The molecular formula is C9H10N4O3S. The van der Waals surface area contributed by atoms with Gasteiger partial charge >= 0.3 is 0 Å². The molecule has 2 aromatic heterocycles. The van der Waals surface area contributed by atoms with Crippen LogP contribution in [-0.2, 0) is 9.84 Å². The Morgan fingerprint density at radius 2 is 2.00 bits per heavy atom. The molecular weight excluding hydrogens is 244 g/mol. The van der Waals surface area contributed by atoms with Gasteiger partial charge in [0.05, 0.1) is 11.3 Å². The predicted octanol–water partition coefficient (Wildman–Crippen LogP) is 0.0388. The number of nitrogens with zero attached hydrogens (tertiary/aromatic N) is 4. The largest absolute Gasteiger partial charge is 0.294 e. The SMILES string of the molecule is CC(=O)c1cn2nc(S(C)(=O)=O)nc2nc1C. The molecule has 8 heteroatoms. The average molecular weight is 254 g/mol. The molecule has 0 saturated heterocycles. The summed E-state index contributed by atoms with van der Waals surface area (Å²) in [4.78, 5) is 19.1. The minimum absolute atomic E-state index is 0.159. The Labute approximate surface area is 97.4 Å². The Morgan fingerprint density at radius 3 is 2.53 bits per heavy atom. The van der Waals surface area contributed by atoms with Crippen LogP contribution in [0.3, 0.4) is 0 Å². The number of carbonyl (C=O) groups is 1.